The summed E-state index contributed by atoms with van der Waals surface area (Å²) < 4.78 is 10.6. The topological polar surface area (TPSA) is 48.4 Å². The van der Waals surface area contributed by atoms with Crippen molar-refractivity contribution in [3.63, 3.8) is 0 Å². The maximum absolute atomic E-state index is 11.4. The second kappa shape index (κ2) is 5.85. The summed E-state index contributed by atoms with van der Waals surface area (Å²) in [5.74, 6) is 0.962. The number of hydrogen-bond donors (Lipinski definition) is 0. The average Bonchev–Trinajstić information content (AvgIpc) is 2.55. The fourth-order valence-electron chi connectivity index (χ4n) is 2.20. The number of aryl methyl sites for hydroxylation is 1. The summed E-state index contributed by atoms with van der Waals surface area (Å²) >= 11 is 0. The lowest BCUT2D eigenvalue weighted by atomic mass is 10.2. The Bertz CT molecular complexity index is 825. The lowest BCUT2D eigenvalue weighted by molar-refractivity contribution is 0.0600. The van der Waals surface area contributed by atoms with Crippen LogP contribution in [0.15, 0.2) is 54.6 Å². The zero-order chi connectivity index (χ0) is 15.5. The molecule has 22 heavy (non-hydrogen) atoms. The van der Waals surface area contributed by atoms with Crippen LogP contribution in [0.2, 0.25) is 0 Å². The molecule has 1 heterocycles. The molecule has 0 N–H and O–H groups in total. The van der Waals surface area contributed by atoms with Crippen LogP contribution in [0.1, 0.15) is 16.1 Å². The molecule has 4 heteroatoms. The molecule has 0 aliphatic heterocycles. The SMILES string of the molecule is COC(=O)c1ccc(Oc2cccc3ccc(C)nc23)cc1. The molecule has 0 amide bonds. The largest absolute Gasteiger partial charge is 0.465 e. The fraction of sp³-hybridized carbons (Fsp3) is 0.111. The van der Waals surface area contributed by atoms with Crippen LogP contribution in [-0.2, 0) is 4.74 Å². The maximum Gasteiger partial charge on any atom is 0.337 e. The Kier molecular flexibility index (Phi) is 3.74. The summed E-state index contributed by atoms with van der Waals surface area (Å²) in [5.41, 5.74) is 2.24. The van der Waals surface area contributed by atoms with E-state index < -0.39 is 0 Å². The van der Waals surface area contributed by atoms with Gasteiger partial charge in [0.2, 0.25) is 0 Å². The van der Waals surface area contributed by atoms with E-state index in [0.29, 0.717) is 17.1 Å². The van der Waals surface area contributed by atoms with Gasteiger partial charge in [-0.25, -0.2) is 9.78 Å². The molecule has 3 aromatic rings. The third-order valence-corrected chi connectivity index (χ3v) is 3.33. The third-order valence-electron chi connectivity index (χ3n) is 3.33. The summed E-state index contributed by atoms with van der Waals surface area (Å²) in [4.78, 5) is 16.0. The molecular weight excluding hydrogens is 278 g/mol. The van der Waals surface area contributed by atoms with Crippen molar-refractivity contribution in [3.05, 3.63) is 65.9 Å². The van der Waals surface area contributed by atoms with Gasteiger partial charge in [0.05, 0.1) is 12.7 Å². The van der Waals surface area contributed by atoms with Crippen molar-refractivity contribution in [2.45, 2.75) is 6.92 Å². The summed E-state index contributed by atoms with van der Waals surface area (Å²) in [7, 11) is 1.36. The highest BCUT2D eigenvalue weighted by molar-refractivity contribution is 5.89. The van der Waals surface area contributed by atoms with Gasteiger partial charge in [-0.2, -0.15) is 0 Å². The highest BCUT2D eigenvalue weighted by Gasteiger charge is 2.07. The number of benzene rings is 2. The monoisotopic (exact) mass is 293 g/mol. The Morgan fingerprint density at radius 1 is 1.00 bits per heavy atom. The summed E-state index contributed by atoms with van der Waals surface area (Å²) in [6, 6.07) is 16.6. The molecular formula is C18H15NO3. The van der Waals surface area contributed by atoms with Crippen LogP contribution in [0.5, 0.6) is 11.5 Å². The van der Waals surface area contributed by atoms with Gasteiger partial charge >= 0.3 is 5.97 Å². The van der Waals surface area contributed by atoms with Crippen LogP contribution < -0.4 is 4.74 Å². The van der Waals surface area contributed by atoms with Gasteiger partial charge in [0.25, 0.3) is 0 Å². The van der Waals surface area contributed by atoms with E-state index in [2.05, 4.69) is 9.72 Å². The van der Waals surface area contributed by atoms with Crippen molar-refractivity contribution in [1.82, 2.24) is 4.98 Å². The standard InChI is InChI=1S/C18H15NO3/c1-12-6-7-13-4-3-5-16(17(13)19-12)22-15-10-8-14(9-11-15)18(20)21-2/h3-11H,1-2H3. The first-order valence-electron chi connectivity index (χ1n) is 6.90. The molecule has 1 aromatic heterocycles. The van der Waals surface area contributed by atoms with Crippen molar-refractivity contribution in [2.24, 2.45) is 0 Å². The second-order valence-electron chi connectivity index (χ2n) is 4.90. The quantitative estimate of drug-likeness (QED) is 0.681. The van der Waals surface area contributed by atoms with Crippen LogP contribution in [0.4, 0.5) is 0 Å². The summed E-state index contributed by atoms with van der Waals surface area (Å²) in [5, 5.41) is 1.02. The van der Waals surface area contributed by atoms with E-state index in [0.717, 1.165) is 16.6 Å². The number of rotatable bonds is 3. The molecule has 2 aromatic carbocycles. The summed E-state index contributed by atoms with van der Waals surface area (Å²) in [6.45, 7) is 1.95. The van der Waals surface area contributed by atoms with Crippen molar-refractivity contribution >= 4 is 16.9 Å². The van der Waals surface area contributed by atoms with E-state index in [-0.39, 0.29) is 5.97 Å². The van der Waals surface area contributed by atoms with E-state index in [1.807, 2.05) is 37.3 Å². The van der Waals surface area contributed by atoms with Gasteiger partial charge in [0, 0.05) is 11.1 Å². The molecule has 110 valence electrons. The lowest BCUT2D eigenvalue weighted by Crippen LogP contribution is -2.00. The maximum atomic E-state index is 11.4. The third kappa shape index (κ3) is 2.76. The Balaban J connectivity index is 1.93. The van der Waals surface area contributed by atoms with Gasteiger partial charge in [-0.15, -0.1) is 0 Å². The molecule has 4 nitrogen and oxygen atoms in total. The first-order chi connectivity index (χ1) is 10.7. The predicted molar refractivity (Wildman–Crippen MR) is 84.3 cm³/mol. The highest BCUT2D eigenvalue weighted by atomic mass is 16.5. The van der Waals surface area contributed by atoms with E-state index >= 15 is 0 Å². The number of fused-ring (bicyclic) bond motifs is 1. The minimum atomic E-state index is -0.367. The highest BCUT2D eigenvalue weighted by Crippen LogP contribution is 2.28. The lowest BCUT2D eigenvalue weighted by Gasteiger charge is -2.09. The normalized spacial score (nSPS) is 10.5. The number of nitrogens with zero attached hydrogens (tertiary/aromatic N) is 1. The smallest absolute Gasteiger partial charge is 0.337 e. The number of pyridine rings is 1. The number of methoxy groups -OCH3 is 1. The first-order valence-corrected chi connectivity index (χ1v) is 6.90. The molecule has 0 aliphatic carbocycles. The van der Waals surface area contributed by atoms with Crippen LogP contribution in [0.25, 0.3) is 10.9 Å². The van der Waals surface area contributed by atoms with Gasteiger partial charge in [0.15, 0.2) is 5.75 Å². The number of esters is 1. The van der Waals surface area contributed by atoms with Gasteiger partial charge in [-0.05, 0) is 43.3 Å². The minimum Gasteiger partial charge on any atom is -0.465 e. The van der Waals surface area contributed by atoms with Crippen LogP contribution in [0, 0.1) is 6.92 Å². The number of carbonyl (C=O) groups excluding carboxylic acids is 1. The zero-order valence-electron chi connectivity index (χ0n) is 12.4. The van der Waals surface area contributed by atoms with E-state index in [4.69, 9.17) is 4.74 Å². The average molecular weight is 293 g/mol. The number of aromatic nitrogens is 1. The number of para-hydroxylation sites is 1. The van der Waals surface area contributed by atoms with E-state index in [1.165, 1.54) is 7.11 Å². The molecule has 0 fully saturated rings. The molecule has 0 saturated heterocycles. The Hall–Kier alpha value is -2.88. The van der Waals surface area contributed by atoms with Crippen LogP contribution >= 0.6 is 0 Å². The van der Waals surface area contributed by atoms with Gasteiger partial charge < -0.3 is 9.47 Å². The molecule has 0 bridgehead atoms. The molecule has 0 atom stereocenters. The van der Waals surface area contributed by atoms with Crippen LogP contribution in [0.3, 0.4) is 0 Å². The molecule has 3 rings (SSSR count). The van der Waals surface area contributed by atoms with E-state index in [1.54, 1.807) is 24.3 Å². The Morgan fingerprint density at radius 3 is 2.50 bits per heavy atom. The van der Waals surface area contributed by atoms with Crippen molar-refractivity contribution in [3.8, 4) is 11.5 Å². The van der Waals surface area contributed by atoms with E-state index in [9.17, 15) is 4.79 Å². The Morgan fingerprint density at radius 2 is 1.77 bits per heavy atom. The predicted octanol–water partition coefficient (Wildman–Crippen LogP) is 4.12. The van der Waals surface area contributed by atoms with Crippen molar-refractivity contribution in [1.29, 1.82) is 0 Å². The number of ether oxygens (including phenoxy) is 2. The van der Waals surface area contributed by atoms with Gasteiger partial charge in [0.1, 0.15) is 11.3 Å². The van der Waals surface area contributed by atoms with Crippen molar-refractivity contribution in [2.75, 3.05) is 7.11 Å². The second-order valence-corrected chi connectivity index (χ2v) is 4.90. The Labute approximate surface area is 128 Å². The van der Waals surface area contributed by atoms with Gasteiger partial charge in [-0.1, -0.05) is 18.2 Å². The first kappa shape index (κ1) is 14.1. The minimum absolute atomic E-state index is 0.367. The zero-order valence-corrected chi connectivity index (χ0v) is 12.4. The molecule has 0 spiro atoms. The molecule has 0 aliphatic rings. The summed E-state index contributed by atoms with van der Waals surface area (Å²) in [6.07, 6.45) is 0. The number of hydrogen-bond acceptors (Lipinski definition) is 4. The van der Waals surface area contributed by atoms with Gasteiger partial charge in [-0.3, -0.25) is 0 Å². The van der Waals surface area contributed by atoms with Crippen LogP contribution in [-0.4, -0.2) is 18.1 Å². The fourth-order valence-corrected chi connectivity index (χ4v) is 2.20. The van der Waals surface area contributed by atoms with Crippen molar-refractivity contribution < 1.29 is 14.3 Å². The molecule has 0 saturated carbocycles. The molecule has 0 radical (unpaired) electrons. The molecule has 0 unspecified atom stereocenters. The number of carbonyl (C=O) groups is 1.